The van der Waals surface area contributed by atoms with Crippen molar-refractivity contribution in [1.82, 2.24) is 44.7 Å². The first-order valence-corrected chi connectivity index (χ1v) is 21.9. The molecule has 5 aromatic rings. The number of amides is 4. The summed E-state index contributed by atoms with van der Waals surface area (Å²) in [6.45, 7) is 8.24. The lowest BCUT2D eigenvalue weighted by Crippen LogP contribution is -2.71. The molecule has 1 atom stereocenters. The monoisotopic (exact) mass is 835 g/mol. The molecule has 3 N–H and O–H groups in total. The van der Waals surface area contributed by atoms with Gasteiger partial charge in [-0.05, 0) is 86.7 Å². The van der Waals surface area contributed by atoms with Crippen LogP contribution in [-0.2, 0) is 9.59 Å². The van der Waals surface area contributed by atoms with Gasteiger partial charge in [-0.2, -0.15) is 5.10 Å². The molecule has 0 bridgehead atoms. The van der Waals surface area contributed by atoms with Crippen LogP contribution in [0.25, 0.3) is 22.3 Å². The maximum Gasteiger partial charge on any atom is 0.262 e. The van der Waals surface area contributed by atoms with Crippen molar-refractivity contribution < 1.29 is 23.9 Å². The number of para-hydroxylation sites is 1. The van der Waals surface area contributed by atoms with Gasteiger partial charge in [0.15, 0.2) is 5.65 Å². The van der Waals surface area contributed by atoms with Gasteiger partial charge in [-0.1, -0.05) is 18.2 Å². The number of anilines is 2. The molecule has 318 valence electrons. The van der Waals surface area contributed by atoms with Crippen LogP contribution >= 0.6 is 0 Å². The summed E-state index contributed by atoms with van der Waals surface area (Å²) < 4.78 is 8.12. The number of rotatable bonds is 9. The SMILES string of the molecule is Nc1ncnc2c1c(-c1ccc(Oc3ccccc3)cc1)nn2C1CCC(N2CCN(C3CN(C4CN(c5ccc6c(c5)C(=O)N(C5CCC(=O)NC5=O)C6=O)C4)C3)CC2)CC1. The first-order chi connectivity index (χ1) is 30.3. The standard InChI is InChI=1S/C46H49N11O5/c47-42-40-41(28-6-13-35(14-7-28)62-34-4-2-1-3-5-34)51-57(43(40)49-27-48-42)30-10-8-29(9-11-30)52-18-20-53(21-19-52)32-23-55(24-32)33-25-54(26-33)31-12-15-36-37(22-31)46(61)56(45(36)60)38-16-17-39(58)50-44(38)59/h1-7,12-15,22,27,29-30,32-33,38H,8-11,16-21,23-26H2,(H2,47,48,49)(H,50,58,59). The van der Waals surface area contributed by atoms with Gasteiger partial charge in [0, 0.05) is 88.2 Å². The number of nitrogens with one attached hydrogen (secondary N) is 1. The molecule has 62 heavy (non-hydrogen) atoms. The maximum absolute atomic E-state index is 13.3. The molecule has 2 aromatic heterocycles. The quantitative estimate of drug-likeness (QED) is 0.205. The summed E-state index contributed by atoms with van der Waals surface area (Å²) in [5.74, 6) is 0.0574. The Kier molecular flexibility index (Phi) is 9.73. The number of ether oxygens (including phenoxy) is 1. The fraction of sp³-hybridized carbons (Fsp3) is 0.413. The van der Waals surface area contributed by atoms with E-state index in [1.165, 1.54) is 6.33 Å². The van der Waals surface area contributed by atoms with Gasteiger partial charge in [0.05, 0.1) is 22.6 Å². The Balaban J connectivity index is 0.648. The zero-order valence-corrected chi connectivity index (χ0v) is 34.4. The molecular formula is C46H49N11O5. The minimum Gasteiger partial charge on any atom is -0.457 e. The first-order valence-electron chi connectivity index (χ1n) is 21.9. The molecule has 7 heterocycles. The molecule has 11 rings (SSSR count). The Morgan fingerprint density at radius 3 is 2.05 bits per heavy atom. The third-order valence-corrected chi connectivity index (χ3v) is 14.1. The van der Waals surface area contributed by atoms with E-state index in [9.17, 15) is 19.2 Å². The summed E-state index contributed by atoms with van der Waals surface area (Å²) in [4.78, 5) is 70.8. The zero-order chi connectivity index (χ0) is 42.1. The Labute approximate surface area is 358 Å². The van der Waals surface area contributed by atoms with E-state index in [1.807, 2.05) is 60.7 Å². The Morgan fingerprint density at radius 1 is 0.661 bits per heavy atom. The van der Waals surface area contributed by atoms with Crippen molar-refractivity contribution in [1.29, 1.82) is 0 Å². The molecule has 6 aliphatic rings. The number of hydrogen-bond acceptors (Lipinski definition) is 13. The van der Waals surface area contributed by atoms with Gasteiger partial charge in [0.2, 0.25) is 11.8 Å². The molecule has 1 aliphatic carbocycles. The maximum atomic E-state index is 13.3. The third-order valence-electron chi connectivity index (χ3n) is 14.1. The summed E-state index contributed by atoms with van der Waals surface area (Å²) >= 11 is 0. The number of piperidine rings is 1. The van der Waals surface area contributed by atoms with Crippen molar-refractivity contribution in [2.45, 2.75) is 68.7 Å². The molecular weight excluding hydrogens is 787 g/mol. The van der Waals surface area contributed by atoms with Crippen molar-refractivity contribution in [2.24, 2.45) is 0 Å². The summed E-state index contributed by atoms with van der Waals surface area (Å²) in [7, 11) is 0. The average Bonchev–Trinajstić information content (AvgIpc) is 3.77. The molecule has 1 unspecified atom stereocenters. The smallest absolute Gasteiger partial charge is 0.262 e. The van der Waals surface area contributed by atoms with Crippen LogP contribution in [0.2, 0.25) is 0 Å². The van der Waals surface area contributed by atoms with E-state index in [2.05, 4.69) is 39.6 Å². The van der Waals surface area contributed by atoms with Gasteiger partial charge in [0.25, 0.3) is 11.8 Å². The van der Waals surface area contributed by atoms with Gasteiger partial charge in [-0.25, -0.2) is 14.6 Å². The van der Waals surface area contributed by atoms with Crippen molar-refractivity contribution >= 4 is 46.2 Å². The van der Waals surface area contributed by atoms with E-state index in [0.717, 1.165) is 122 Å². The number of benzene rings is 3. The van der Waals surface area contributed by atoms with E-state index in [-0.39, 0.29) is 24.8 Å². The number of likely N-dealkylation sites (tertiary alicyclic amines) is 1. The second-order valence-corrected chi connectivity index (χ2v) is 17.6. The van der Waals surface area contributed by atoms with Crippen molar-refractivity contribution in [3.63, 3.8) is 0 Å². The minimum atomic E-state index is -0.959. The number of fused-ring (bicyclic) bond motifs is 2. The van der Waals surface area contributed by atoms with Crippen LogP contribution in [0, 0.1) is 0 Å². The van der Waals surface area contributed by atoms with Crippen LogP contribution in [-0.4, -0.2) is 140 Å². The highest BCUT2D eigenvalue weighted by molar-refractivity contribution is 6.23. The summed E-state index contributed by atoms with van der Waals surface area (Å²) in [6.07, 6.45) is 6.10. The van der Waals surface area contributed by atoms with Crippen LogP contribution in [0.1, 0.15) is 65.3 Å². The predicted octanol–water partition coefficient (Wildman–Crippen LogP) is 3.94. The van der Waals surface area contributed by atoms with Crippen molar-refractivity contribution in [2.75, 3.05) is 63.0 Å². The molecule has 4 amide bonds. The van der Waals surface area contributed by atoms with Crippen LogP contribution in [0.3, 0.4) is 0 Å². The third kappa shape index (κ3) is 6.86. The number of imide groups is 2. The van der Waals surface area contributed by atoms with Crippen molar-refractivity contribution in [3.8, 4) is 22.8 Å². The second-order valence-electron chi connectivity index (χ2n) is 17.6. The van der Waals surface area contributed by atoms with Crippen LogP contribution < -0.4 is 20.7 Å². The molecule has 0 spiro atoms. The fourth-order valence-corrected chi connectivity index (χ4v) is 10.5. The predicted molar refractivity (Wildman–Crippen MR) is 231 cm³/mol. The molecule has 3 aromatic carbocycles. The Hall–Kier alpha value is -6.23. The Bertz CT molecular complexity index is 2560. The van der Waals surface area contributed by atoms with Gasteiger partial charge < -0.3 is 15.4 Å². The van der Waals surface area contributed by atoms with Gasteiger partial charge in [-0.15, -0.1) is 0 Å². The molecule has 4 saturated heterocycles. The van der Waals surface area contributed by atoms with E-state index in [4.69, 9.17) is 15.6 Å². The van der Waals surface area contributed by atoms with E-state index < -0.39 is 23.8 Å². The number of carbonyl (C=O) groups excluding carboxylic acids is 4. The van der Waals surface area contributed by atoms with E-state index in [1.54, 1.807) is 12.1 Å². The van der Waals surface area contributed by atoms with Gasteiger partial charge >= 0.3 is 0 Å². The minimum absolute atomic E-state index is 0.103. The highest BCUT2D eigenvalue weighted by Crippen LogP contribution is 2.39. The van der Waals surface area contributed by atoms with E-state index >= 15 is 0 Å². The second kappa shape index (κ2) is 15.6. The zero-order valence-electron chi connectivity index (χ0n) is 34.4. The molecule has 0 radical (unpaired) electrons. The molecule has 5 fully saturated rings. The number of nitrogens with zero attached hydrogens (tertiary/aromatic N) is 9. The van der Waals surface area contributed by atoms with Crippen molar-refractivity contribution in [3.05, 3.63) is 90.3 Å². The lowest BCUT2D eigenvalue weighted by Gasteiger charge is -2.56. The molecule has 16 heteroatoms. The van der Waals surface area contributed by atoms with Crippen LogP contribution in [0.15, 0.2) is 79.1 Å². The average molecular weight is 836 g/mol. The molecule has 5 aliphatic heterocycles. The number of hydrogen-bond donors (Lipinski definition) is 2. The van der Waals surface area contributed by atoms with E-state index in [0.29, 0.717) is 35.1 Å². The number of aromatic nitrogens is 4. The normalized spacial score (nSPS) is 24.3. The summed E-state index contributed by atoms with van der Waals surface area (Å²) in [5, 5.41) is 8.20. The molecule has 16 nitrogen and oxygen atoms in total. The largest absolute Gasteiger partial charge is 0.457 e. The molecule has 1 saturated carbocycles. The lowest BCUT2D eigenvalue weighted by molar-refractivity contribution is -0.136. The fourth-order valence-electron chi connectivity index (χ4n) is 10.5. The van der Waals surface area contributed by atoms with Crippen LogP contribution in [0.4, 0.5) is 11.5 Å². The number of piperazine rings is 1. The highest BCUT2D eigenvalue weighted by Gasteiger charge is 2.46. The summed E-state index contributed by atoms with van der Waals surface area (Å²) in [6, 6.07) is 24.0. The lowest BCUT2D eigenvalue weighted by atomic mass is 9.89. The number of nitrogens with two attached hydrogens (primary N) is 1. The van der Waals surface area contributed by atoms with Gasteiger partial charge in [0.1, 0.15) is 35.4 Å². The topological polar surface area (TPSA) is 175 Å². The first kappa shape index (κ1) is 38.7. The number of nitrogen functional groups attached to an aromatic ring is 1. The highest BCUT2D eigenvalue weighted by atomic mass is 16.5. The number of carbonyl (C=O) groups is 4. The van der Waals surface area contributed by atoms with Crippen LogP contribution in [0.5, 0.6) is 11.5 Å². The van der Waals surface area contributed by atoms with Gasteiger partial charge in [-0.3, -0.25) is 44.1 Å². The Morgan fingerprint density at radius 2 is 1.32 bits per heavy atom. The summed E-state index contributed by atoms with van der Waals surface area (Å²) in [5.41, 5.74) is 10.5.